The molecule has 2 fully saturated rings. The van der Waals surface area contributed by atoms with E-state index in [0.29, 0.717) is 42.6 Å². The zero-order chi connectivity index (χ0) is 25.3. The molecule has 3 aromatic rings. The van der Waals surface area contributed by atoms with Crippen molar-refractivity contribution < 1.29 is 18.8 Å². The Morgan fingerprint density at radius 3 is 2.44 bits per heavy atom. The van der Waals surface area contributed by atoms with E-state index in [0.717, 1.165) is 5.56 Å². The highest BCUT2D eigenvalue weighted by Gasteiger charge is 2.57. The minimum Gasteiger partial charge on any atom is -0.339 e. The number of benzene rings is 2. The van der Waals surface area contributed by atoms with Crippen LogP contribution < -0.4 is 5.32 Å². The molecule has 0 aliphatic carbocycles. The summed E-state index contributed by atoms with van der Waals surface area (Å²) in [5.41, 5.74) is 1.59. The summed E-state index contributed by atoms with van der Waals surface area (Å²) < 4.78 is 13.4. The number of aromatic nitrogens is 1. The van der Waals surface area contributed by atoms with Gasteiger partial charge in [0.15, 0.2) is 5.54 Å². The maximum absolute atomic E-state index is 14.0. The van der Waals surface area contributed by atoms with Gasteiger partial charge < -0.3 is 10.2 Å². The number of urea groups is 1. The third kappa shape index (κ3) is 4.12. The molecule has 1 aromatic heterocycles. The summed E-state index contributed by atoms with van der Waals surface area (Å²) in [6.07, 6.45) is 4.33. The van der Waals surface area contributed by atoms with Crippen molar-refractivity contribution in [1.29, 1.82) is 0 Å². The number of nitrogens with zero attached hydrogens (tertiary/aromatic N) is 3. The van der Waals surface area contributed by atoms with E-state index < -0.39 is 11.6 Å². The molecule has 0 bridgehead atoms. The summed E-state index contributed by atoms with van der Waals surface area (Å²) in [6.45, 7) is 2.90. The quantitative estimate of drug-likeness (QED) is 0.552. The van der Waals surface area contributed by atoms with Gasteiger partial charge in [0.2, 0.25) is 0 Å². The van der Waals surface area contributed by atoms with Crippen LogP contribution in [0, 0.1) is 18.7 Å². The van der Waals surface area contributed by atoms with E-state index in [-0.39, 0.29) is 30.1 Å². The van der Waals surface area contributed by atoms with Crippen molar-refractivity contribution in [3.63, 3.8) is 0 Å². The van der Waals surface area contributed by atoms with Gasteiger partial charge in [0.25, 0.3) is 11.8 Å². The number of hydrogen-bond acceptors (Lipinski definition) is 4. The second-order valence-corrected chi connectivity index (χ2v) is 9.38. The van der Waals surface area contributed by atoms with Gasteiger partial charge in [-0.2, -0.15) is 0 Å². The summed E-state index contributed by atoms with van der Waals surface area (Å²) in [4.78, 5) is 47.4. The van der Waals surface area contributed by atoms with Gasteiger partial charge in [-0.25, -0.2) is 9.18 Å². The van der Waals surface area contributed by atoms with E-state index in [9.17, 15) is 18.8 Å². The first kappa shape index (κ1) is 23.7. The lowest BCUT2D eigenvalue weighted by atomic mass is 9.73. The van der Waals surface area contributed by atoms with E-state index >= 15 is 0 Å². The molecule has 2 aromatic carbocycles. The zero-order valence-corrected chi connectivity index (χ0v) is 20.0. The molecule has 2 saturated heterocycles. The van der Waals surface area contributed by atoms with Gasteiger partial charge in [-0.05, 0) is 61.1 Å². The minimum atomic E-state index is -1.27. The average molecular weight is 487 g/mol. The summed E-state index contributed by atoms with van der Waals surface area (Å²) in [6, 6.07) is 16.3. The summed E-state index contributed by atoms with van der Waals surface area (Å²) >= 11 is 0. The number of nitrogens with one attached hydrogen (secondary N) is 1. The molecule has 7 nitrogen and oxygen atoms in total. The highest BCUT2D eigenvalue weighted by Crippen LogP contribution is 2.41. The molecule has 1 N–H and O–H groups in total. The smallest absolute Gasteiger partial charge is 0.325 e. The van der Waals surface area contributed by atoms with Crippen LogP contribution in [0.15, 0.2) is 73.1 Å². The fraction of sp³-hybridized carbons (Fsp3) is 0.286. The third-order valence-electron chi connectivity index (χ3n) is 7.27. The first-order valence-electron chi connectivity index (χ1n) is 12.0. The lowest BCUT2D eigenvalue weighted by Crippen LogP contribution is -2.54. The lowest BCUT2D eigenvalue weighted by molar-refractivity contribution is -0.134. The number of amides is 4. The number of imide groups is 1. The number of pyridine rings is 1. The van der Waals surface area contributed by atoms with Gasteiger partial charge in [-0.1, -0.05) is 36.4 Å². The molecule has 8 heteroatoms. The zero-order valence-electron chi connectivity index (χ0n) is 20.0. The third-order valence-corrected chi connectivity index (χ3v) is 7.27. The SMILES string of the molecule is Cc1ccccc1C(=O)N1CCC([C@@]2(c3cccnc3)NC(=O)N(Cc3ccc(F)cc3)C2=O)CC1. The highest BCUT2D eigenvalue weighted by molar-refractivity contribution is 6.07. The molecule has 2 aliphatic rings. The number of rotatable bonds is 5. The van der Waals surface area contributed by atoms with Crippen LogP contribution in [-0.2, 0) is 16.9 Å². The average Bonchev–Trinajstić information content (AvgIpc) is 3.16. The molecule has 0 radical (unpaired) electrons. The van der Waals surface area contributed by atoms with Crippen molar-refractivity contribution in [2.75, 3.05) is 13.1 Å². The largest absolute Gasteiger partial charge is 0.339 e. The lowest BCUT2D eigenvalue weighted by Gasteiger charge is -2.41. The van der Waals surface area contributed by atoms with E-state index in [1.807, 2.05) is 36.1 Å². The van der Waals surface area contributed by atoms with Gasteiger partial charge in [0, 0.05) is 36.6 Å². The number of hydrogen-bond donors (Lipinski definition) is 1. The number of aryl methyl sites for hydroxylation is 1. The Hall–Kier alpha value is -4.07. The molecule has 3 heterocycles. The standard InChI is InChI=1S/C28H27FN4O3/c1-19-5-2-3-7-24(19)25(34)32-15-12-21(13-16-32)28(22-6-4-14-30-17-22)26(35)33(27(36)31-28)18-20-8-10-23(29)11-9-20/h2-11,14,17,21H,12-13,15-16,18H2,1H3,(H,31,36)/t28-/m0/s1. The van der Waals surface area contributed by atoms with Crippen molar-refractivity contribution in [2.24, 2.45) is 5.92 Å². The monoisotopic (exact) mass is 486 g/mol. The van der Waals surface area contributed by atoms with Crippen LogP contribution in [0.1, 0.15) is 39.9 Å². The van der Waals surface area contributed by atoms with Gasteiger partial charge >= 0.3 is 6.03 Å². The van der Waals surface area contributed by atoms with Gasteiger partial charge in [-0.15, -0.1) is 0 Å². The molecule has 1 atom stereocenters. The topological polar surface area (TPSA) is 82.6 Å². The predicted octanol–water partition coefficient (Wildman–Crippen LogP) is 4.03. The number of likely N-dealkylation sites (tertiary alicyclic amines) is 1. The molecular weight excluding hydrogens is 459 g/mol. The van der Waals surface area contributed by atoms with E-state index in [4.69, 9.17) is 0 Å². The van der Waals surface area contributed by atoms with Crippen LogP contribution >= 0.6 is 0 Å². The Labute approximate surface area is 208 Å². The number of piperidine rings is 1. The van der Waals surface area contributed by atoms with Crippen molar-refractivity contribution >= 4 is 17.8 Å². The molecule has 5 rings (SSSR count). The number of carbonyl (C=O) groups is 3. The molecule has 36 heavy (non-hydrogen) atoms. The van der Waals surface area contributed by atoms with Crippen molar-refractivity contribution in [3.05, 3.63) is 101 Å². The van der Waals surface area contributed by atoms with E-state index in [2.05, 4.69) is 10.3 Å². The van der Waals surface area contributed by atoms with Gasteiger partial charge in [0.1, 0.15) is 5.82 Å². The Kier molecular flexibility index (Phi) is 6.26. The maximum Gasteiger partial charge on any atom is 0.325 e. The van der Waals surface area contributed by atoms with Crippen LogP contribution in [-0.4, -0.2) is 45.7 Å². The molecular formula is C28H27FN4O3. The Morgan fingerprint density at radius 1 is 1.06 bits per heavy atom. The molecule has 0 spiro atoms. The molecule has 4 amide bonds. The van der Waals surface area contributed by atoms with Crippen LogP contribution in [0.2, 0.25) is 0 Å². The molecule has 2 aliphatic heterocycles. The summed E-state index contributed by atoms with van der Waals surface area (Å²) in [5.74, 6) is -0.986. The predicted molar refractivity (Wildman–Crippen MR) is 131 cm³/mol. The second-order valence-electron chi connectivity index (χ2n) is 9.38. The van der Waals surface area contributed by atoms with Crippen molar-refractivity contribution in [1.82, 2.24) is 20.1 Å². The first-order chi connectivity index (χ1) is 17.4. The van der Waals surface area contributed by atoms with E-state index in [1.165, 1.54) is 17.0 Å². The van der Waals surface area contributed by atoms with Gasteiger partial charge in [-0.3, -0.25) is 19.5 Å². The van der Waals surface area contributed by atoms with Crippen molar-refractivity contribution in [2.45, 2.75) is 31.8 Å². The fourth-order valence-corrected chi connectivity index (χ4v) is 5.31. The Bertz CT molecular complexity index is 1290. The normalized spacial score (nSPS) is 20.5. The highest BCUT2D eigenvalue weighted by atomic mass is 19.1. The molecule has 0 unspecified atom stereocenters. The van der Waals surface area contributed by atoms with Crippen LogP contribution in [0.5, 0.6) is 0 Å². The number of halogens is 1. The number of carbonyl (C=O) groups excluding carboxylic acids is 3. The minimum absolute atomic E-state index is 0.0262. The van der Waals surface area contributed by atoms with Crippen molar-refractivity contribution in [3.8, 4) is 0 Å². The van der Waals surface area contributed by atoms with Gasteiger partial charge in [0.05, 0.1) is 6.54 Å². The van der Waals surface area contributed by atoms with E-state index in [1.54, 1.807) is 36.7 Å². The Balaban J connectivity index is 1.41. The van der Waals surface area contributed by atoms with Crippen LogP contribution in [0.4, 0.5) is 9.18 Å². The molecule has 0 saturated carbocycles. The first-order valence-corrected chi connectivity index (χ1v) is 12.0. The summed E-state index contributed by atoms with van der Waals surface area (Å²) in [7, 11) is 0. The fourth-order valence-electron chi connectivity index (χ4n) is 5.31. The maximum atomic E-state index is 14.0. The molecule has 184 valence electrons. The second kappa shape index (κ2) is 9.53. The van der Waals surface area contributed by atoms with Crippen LogP contribution in [0.3, 0.4) is 0 Å². The Morgan fingerprint density at radius 2 is 1.78 bits per heavy atom. The summed E-state index contributed by atoms with van der Waals surface area (Å²) in [5, 5.41) is 2.99. The van der Waals surface area contributed by atoms with Crippen LogP contribution in [0.25, 0.3) is 0 Å².